The molecule has 7 heteroatoms. The first-order valence-corrected chi connectivity index (χ1v) is 7.90. The molecule has 0 aliphatic carbocycles. The van der Waals surface area contributed by atoms with Crippen LogP contribution in [-0.2, 0) is 10.0 Å². The molecule has 1 amide bonds. The fourth-order valence-electron chi connectivity index (χ4n) is 1.79. The van der Waals surface area contributed by atoms with Gasteiger partial charge in [-0.1, -0.05) is 12.1 Å². The molecule has 0 unspecified atom stereocenters. The number of nitrogens with one attached hydrogen (secondary N) is 3. The second kappa shape index (κ2) is 5.58. The summed E-state index contributed by atoms with van der Waals surface area (Å²) in [7, 11) is -3.40. The van der Waals surface area contributed by atoms with Crippen LogP contribution in [0.1, 0.15) is 10.4 Å². The van der Waals surface area contributed by atoms with Crippen molar-refractivity contribution >= 4 is 21.6 Å². The topological polar surface area (TPSA) is 87.3 Å². The van der Waals surface area contributed by atoms with E-state index in [-0.39, 0.29) is 5.91 Å². The van der Waals surface area contributed by atoms with Gasteiger partial charge in [-0.15, -0.1) is 0 Å². The lowest BCUT2D eigenvalue weighted by atomic mass is 10.0. The van der Waals surface area contributed by atoms with E-state index in [1.807, 2.05) is 0 Å². The molecule has 19 heavy (non-hydrogen) atoms. The Morgan fingerprint density at radius 2 is 2.05 bits per heavy atom. The van der Waals surface area contributed by atoms with Gasteiger partial charge < -0.3 is 10.6 Å². The maximum absolute atomic E-state index is 12.0. The Kier molecular flexibility index (Phi) is 4.06. The molecule has 0 bridgehead atoms. The predicted octanol–water partition coefficient (Wildman–Crippen LogP) is 0.00730. The summed E-state index contributed by atoms with van der Waals surface area (Å²) in [6.45, 7) is 2.41. The summed E-state index contributed by atoms with van der Waals surface area (Å²) >= 11 is 0. The second-order valence-corrected chi connectivity index (χ2v) is 6.40. The van der Waals surface area contributed by atoms with Crippen molar-refractivity contribution < 1.29 is 13.2 Å². The molecule has 0 aromatic heterocycles. The first-order chi connectivity index (χ1) is 8.96. The molecule has 1 heterocycles. The maximum Gasteiger partial charge on any atom is 0.253 e. The summed E-state index contributed by atoms with van der Waals surface area (Å²) in [5, 5.41) is 5.94. The molecule has 6 nitrogen and oxygen atoms in total. The summed E-state index contributed by atoms with van der Waals surface area (Å²) < 4.78 is 24.8. The van der Waals surface area contributed by atoms with Crippen LogP contribution in [0.15, 0.2) is 24.3 Å². The highest BCUT2D eigenvalue weighted by Crippen LogP contribution is 2.16. The zero-order chi connectivity index (χ0) is 13.9. The number of amides is 1. The number of hydrogen-bond donors (Lipinski definition) is 3. The van der Waals surface area contributed by atoms with Gasteiger partial charge in [0.25, 0.3) is 5.91 Å². The largest absolute Gasteiger partial charge is 0.352 e. The third-order valence-corrected chi connectivity index (χ3v) is 3.48. The van der Waals surface area contributed by atoms with Crippen LogP contribution in [0.5, 0.6) is 0 Å². The van der Waals surface area contributed by atoms with Crippen molar-refractivity contribution in [2.75, 3.05) is 30.6 Å². The summed E-state index contributed by atoms with van der Waals surface area (Å²) in [5.41, 5.74) is 0.634. The summed E-state index contributed by atoms with van der Waals surface area (Å²) in [5.74, 6) is 0.192. The van der Waals surface area contributed by atoms with Crippen molar-refractivity contribution in [1.29, 1.82) is 0 Å². The Balaban J connectivity index is 2.07. The van der Waals surface area contributed by atoms with Crippen LogP contribution in [0, 0.1) is 5.92 Å². The fourth-order valence-corrected chi connectivity index (χ4v) is 2.37. The number of para-hydroxylation sites is 1. The van der Waals surface area contributed by atoms with E-state index in [1.165, 1.54) is 0 Å². The Hall–Kier alpha value is -1.60. The van der Waals surface area contributed by atoms with E-state index in [2.05, 4.69) is 15.4 Å². The van der Waals surface area contributed by atoms with Crippen molar-refractivity contribution in [2.45, 2.75) is 0 Å². The molecule has 1 fully saturated rings. The number of carbonyl (C=O) groups is 1. The molecule has 0 spiro atoms. The standard InChI is InChI=1S/C12H17N3O3S/c1-19(17,18)15-11-5-3-2-4-10(11)12(16)14-8-9-6-13-7-9/h2-5,9,13,15H,6-8H2,1H3,(H,14,16). The van der Waals surface area contributed by atoms with Crippen LogP contribution < -0.4 is 15.4 Å². The van der Waals surface area contributed by atoms with E-state index < -0.39 is 10.0 Å². The van der Waals surface area contributed by atoms with Gasteiger partial charge in [0.1, 0.15) is 0 Å². The van der Waals surface area contributed by atoms with Gasteiger partial charge >= 0.3 is 0 Å². The number of benzene rings is 1. The van der Waals surface area contributed by atoms with Crippen LogP contribution in [0.2, 0.25) is 0 Å². The van der Waals surface area contributed by atoms with Crippen LogP contribution >= 0.6 is 0 Å². The molecule has 0 saturated carbocycles. The van der Waals surface area contributed by atoms with Gasteiger partial charge in [0, 0.05) is 25.6 Å². The van der Waals surface area contributed by atoms with Gasteiger partial charge in [-0.2, -0.15) is 0 Å². The average Bonchev–Trinajstić information content (AvgIpc) is 2.25. The minimum Gasteiger partial charge on any atom is -0.352 e. The summed E-state index contributed by atoms with van der Waals surface area (Å²) in [4.78, 5) is 12.0. The first kappa shape index (κ1) is 13.8. The Labute approximate surface area is 112 Å². The molecular formula is C12H17N3O3S. The fraction of sp³-hybridized carbons (Fsp3) is 0.417. The number of hydrogen-bond acceptors (Lipinski definition) is 4. The highest BCUT2D eigenvalue weighted by Gasteiger charge is 2.19. The number of rotatable bonds is 5. The Bertz CT molecular complexity index is 567. The van der Waals surface area contributed by atoms with Crippen molar-refractivity contribution in [1.82, 2.24) is 10.6 Å². The lowest BCUT2D eigenvalue weighted by Gasteiger charge is -2.27. The molecule has 0 radical (unpaired) electrons. The van der Waals surface area contributed by atoms with Crippen molar-refractivity contribution in [3.05, 3.63) is 29.8 Å². The predicted molar refractivity (Wildman–Crippen MR) is 73.6 cm³/mol. The van der Waals surface area contributed by atoms with Crippen LogP contribution in [-0.4, -0.2) is 40.2 Å². The molecule has 1 aromatic rings. The zero-order valence-corrected chi connectivity index (χ0v) is 11.5. The molecule has 1 aliphatic heterocycles. The minimum atomic E-state index is -3.40. The lowest BCUT2D eigenvalue weighted by Crippen LogP contribution is -2.48. The quantitative estimate of drug-likeness (QED) is 0.710. The SMILES string of the molecule is CS(=O)(=O)Nc1ccccc1C(=O)NCC1CNC1. The zero-order valence-electron chi connectivity index (χ0n) is 10.6. The van der Waals surface area contributed by atoms with E-state index in [4.69, 9.17) is 0 Å². The van der Waals surface area contributed by atoms with E-state index in [0.29, 0.717) is 23.7 Å². The van der Waals surface area contributed by atoms with Crippen molar-refractivity contribution in [3.8, 4) is 0 Å². The molecule has 0 atom stereocenters. The van der Waals surface area contributed by atoms with Gasteiger partial charge in [0.2, 0.25) is 10.0 Å². The van der Waals surface area contributed by atoms with E-state index in [0.717, 1.165) is 19.3 Å². The summed E-state index contributed by atoms with van der Waals surface area (Å²) in [6, 6.07) is 6.55. The monoisotopic (exact) mass is 283 g/mol. The van der Waals surface area contributed by atoms with E-state index >= 15 is 0 Å². The molecule has 1 aliphatic rings. The van der Waals surface area contributed by atoms with E-state index in [1.54, 1.807) is 24.3 Å². The second-order valence-electron chi connectivity index (χ2n) is 4.65. The molecule has 104 valence electrons. The number of carbonyl (C=O) groups excluding carboxylic acids is 1. The summed E-state index contributed by atoms with van der Waals surface area (Å²) in [6.07, 6.45) is 1.06. The first-order valence-electron chi connectivity index (χ1n) is 6.01. The van der Waals surface area contributed by atoms with Gasteiger partial charge in [-0.25, -0.2) is 8.42 Å². The molecular weight excluding hydrogens is 266 g/mol. The number of anilines is 1. The normalized spacial score (nSPS) is 15.6. The van der Waals surface area contributed by atoms with Crippen LogP contribution in [0.3, 0.4) is 0 Å². The average molecular weight is 283 g/mol. The highest BCUT2D eigenvalue weighted by atomic mass is 32.2. The van der Waals surface area contributed by atoms with Gasteiger partial charge in [0.15, 0.2) is 0 Å². The molecule has 1 saturated heterocycles. The smallest absolute Gasteiger partial charge is 0.253 e. The maximum atomic E-state index is 12.0. The minimum absolute atomic E-state index is 0.265. The Morgan fingerprint density at radius 1 is 1.37 bits per heavy atom. The lowest BCUT2D eigenvalue weighted by molar-refractivity contribution is 0.0943. The molecule has 1 aromatic carbocycles. The van der Waals surface area contributed by atoms with Crippen molar-refractivity contribution in [3.63, 3.8) is 0 Å². The Morgan fingerprint density at radius 3 is 2.63 bits per heavy atom. The van der Waals surface area contributed by atoms with Gasteiger partial charge in [-0.05, 0) is 12.1 Å². The number of sulfonamides is 1. The van der Waals surface area contributed by atoms with Crippen LogP contribution in [0.25, 0.3) is 0 Å². The highest BCUT2D eigenvalue weighted by molar-refractivity contribution is 7.92. The molecule has 3 N–H and O–H groups in total. The van der Waals surface area contributed by atoms with Gasteiger partial charge in [-0.3, -0.25) is 9.52 Å². The third-order valence-electron chi connectivity index (χ3n) is 2.88. The van der Waals surface area contributed by atoms with Crippen LogP contribution in [0.4, 0.5) is 5.69 Å². The third kappa shape index (κ3) is 3.93. The van der Waals surface area contributed by atoms with Crippen molar-refractivity contribution in [2.24, 2.45) is 5.92 Å². The molecule has 2 rings (SSSR count). The van der Waals surface area contributed by atoms with E-state index in [9.17, 15) is 13.2 Å². The van der Waals surface area contributed by atoms with Gasteiger partial charge in [0.05, 0.1) is 17.5 Å².